The molecule has 108 valence electrons. The number of thioether (sulfide) groups is 1. The number of halogens is 1. The standard InChI is InChI=1S/C11H17BrN2O2S3/c1-8-7-14(3-4-17-8)19(15,16)10-5-9(6-13-2)18-11(10)12/h5,8,13H,3-4,6-7H2,1-2H3. The van der Waals surface area contributed by atoms with Crippen molar-refractivity contribution in [3.05, 3.63) is 14.7 Å². The van der Waals surface area contributed by atoms with Gasteiger partial charge in [0.1, 0.15) is 4.90 Å². The molecule has 1 atom stereocenters. The molecule has 1 fully saturated rings. The topological polar surface area (TPSA) is 49.4 Å². The Morgan fingerprint density at radius 1 is 1.58 bits per heavy atom. The molecular formula is C11H17BrN2O2S3. The number of rotatable bonds is 4. The maximum atomic E-state index is 12.6. The Hall–Kier alpha value is 0.400. The van der Waals surface area contributed by atoms with E-state index in [0.29, 0.717) is 33.6 Å². The van der Waals surface area contributed by atoms with Gasteiger partial charge in [0.05, 0.1) is 3.79 Å². The monoisotopic (exact) mass is 384 g/mol. The summed E-state index contributed by atoms with van der Waals surface area (Å²) in [7, 11) is -1.51. The van der Waals surface area contributed by atoms with E-state index in [-0.39, 0.29) is 0 Å². The number of thiophene rings is 1. The van der Waals surface area contributed by atoms with E-state index in [2.05, 4.69) is 28.2 Å². The second kappa shape index (κ2) is 6.44. The quantitative estimate of drug-likeness (QED) is 0.865. The average Bonchev–Trinajstić information content (AvgIpc) is 2.71. The summed E-state index contributed by atoms with van der Waals surface area (Å²) in [5.74, 6) is 0.867. The maximum Gasteiger partial charge on any atom is 0.245 e. The van der Waals surface area contributed by atoms with Gasteiger partial charge in [-0.15, -0.1) is 11.3 Å². The van der Waals surface area contributed by atoms with Gasteiger partial charge in [0.25, 0.3) is 0 Å². The second-order valence-corrected chi connectivity index (χ2v) is 10.3. The molecule has 2 rings (SSSR count). The predicted octanol–water partition coefficient (Wildman–Crippen LogP) is 2.36. The summed E-state index contributed by atoms with van der Waals surface area (Å²) in [5, 5.41) is 3.40. The predicted molar refractivity (Wildman–Crippen MR) is 85.5 cm³/mol. The van der Waals surface area contributed by atoms with Crippen molar-refractivity contribution >= 4 is 49.1 Å². The Morgan fingerprint density at radius 2 is 2.32 bits per heavy atom. The third kappa shape index (κ3) is 3.54. The lowest BCUT2D eigenvalue weighted by Gasteiger charge is -2.29. The van der Waals surface area contributed by atoms with E-state index in [1.54, 1.807) is 10.4 Å². The maximum absolute atomic E-state index is 12.6. The largest absolute Gasteiger partial charge is 0.315 e. The highest BCUT2D eigenvalue weighted by atomic mass is 79.9. The van der Waals surface area contributed by atoms with Crippen LogP contribution >= 0.6 is 39.0 Å². The van der Waals surface area contributed by atoms with Crippen molar-refractivity contribution in [3.63, 3.8) is 0 Å². The SMILES string of the molecule is CNCc1cc(S(=O)(=O)N2CCSC(C)C2)c(Br)s1. The number of nitrogens with zero attached hydrogens (tertiary/aromatic N) is 1. The molecule has 1 saturated heterocycles. The van der Waals surface area contributed by atoms with Crippen LogP contribution in [0.1, 0.15) is 11.8 Å². The summed E-state index contributed by atoms with van der Waals surface area (Å²) in [5.41, 5.74) is 0. The summed E-state index contributed by atoms with van der Waals surface area (Å²) in [6.07, 6.45) is 0. The van der Waals surface area contributed by atoms with E-state index < -0.39 is 10.0 Å². The molecule has 1 aromatic rings. The summed E-state index contributed by atoms with van der Waals surface area (Å²) < 4.78 is 27.6. The van der Waals surface area contributed by atoms with Crippen LogP contribution in [-0.4, -0.2) is 43.9 Å². The van der Waals surface area contributed by atoms with E-state index in [1.807, 2.05) is 18.8 Å². The van der Waals surface area contributed by atoms with Crippen molar-refractivity contribution in [1.82, 2.24) is 9.62 Å². The molecule has 1 unspecified atom stereocenters. The Bertz CT molecular complexity index is 544. The molecule has 1 N–H and O–H groups in total. The Morgan fingerprint density at radius 3 is 2.95 bits per heavy atom. The van der Waals surface area contributed by atoms with Crippen LogP contribution in [0.15, 0.2) is 14.7 Å². The van der Waals surface area contributed by atoms with Crippen LogP contribution in [0.4, 0.5) is 0 Å². The zero-order valence-corrected chi connectivity index (χ0v) is 14.9. The van der Waals surface area contributed by atoms with Crippen LogP contribution in [0.25, 0.3) is 0 Å². The lowest BCUT2D eigenvalue weighted by Crippen LogP contribution is -2.40. The van der Waals surface area contributed by atoms with Crippen LogP contribution in [0.3, 0.4) is 0 Å². The Balaban J connectivity index is 2.28. The van der Waals surface area contributed by atoms with Crippen LogP contribution in [0.2, 0.25) is 0 Å². The normalized spacial score (nSPS) is 21.7. The lowest BCUT2D eigenvalue weighted by molar-refractivity contribution is 0.424. The fourth-order valence-electron chi connectivity index (χ4n) is 1.98. The Kier molecular flexibility index (Phi) is 5.35. The molecule has 0 amide bonds. The average molecular weight is 385 g/mol. The molecule has 0 aromatic carbocycles. The minimum atomic E-state index is -3.37. The summed E-state index contributed by atoms with van der Waals surface area (Å²) in [6.45, 7) is 3.95. The first kappa shape index (κ1) is 15.8. The zero-order chi connectivity index (χ0) is 14.0. The van der Waals surface area contributed by atoms with Gasteiger partial charge in [-0.3, -0.25) is 0 Å². The molecule has 1 aliphatic rings. The van der Waals surface area contributed by atoms with Gasteiger partial charge < -0.3 is 5.32 Å². The van der Waals surface area contributed by atoms with Crippen molar-refractivity contribution in [3.8, 4) is 0 Å². The molecule has 0 radical (unpaired) electrons. The minimum Gasteiger partial charge on any atom is -0.315 e. The number of hydrogen-bond acceptors (Lipinski definition) is 5. The van der Waals surface area contributed by atoms with Gasteiger partial charge in [0, 0.05) is 35.5 Å². The molecule has 2 heterocycles. The van der Waals surface area contributed by atoms with Crippen LogP contribution < -0.4 is 5.32 Å². The highest BCUT2D eigenvalue weighted by Crippen LogP contribution is 2.34. The van der Waals surface area contributed by atoms with Crippen molar-refractivity contribution in [1.29, 1.82) is 0 Å². The van der Waals surface area contributed by atoms with Crippen molar-refractivity contribution in [2.24, 2.45) is 0 Å². The van der Waals surface area contributed by atoms with Crippen LogP contribution in [-0.2, 0) is 16.6 Å². The first-order chi connectivity index (χ1) is 8.95. The van der Waals surface area contributed by atoms with Gasteiger partial charge >= 0.3 is 0 Å². The van der Waals surface area contributed by atoms with Crippen molar-refractivity contribution in [2.75, 3.05) is 25.9 Å². The van der Waals surface area contributed by atoms with E-state index in [1.165, 1.54) is 11.3 Å². The second-order valence-electron chi connectivity index (χ2n) is 4.43. The third-order valence-electron chi connectivity index (χ3n) is 2.88. The van der Waals surface area contributed by atoms with Gasteiger partial charge in [-0.25, -0.2) is 8.42 Å². The van der Waals surface area contributed by atoms with Crippen LogP contribution in [0.5, 0.6) is 0 Å². The van der Waals surface area contributed by atoms with Gasteiger partial charge in [-0.05, 0) is 29.0 Å². The Labute approximate surface area is 131 Å². The number of hydrogen-bond donors (Lipinski definition) is 1. The number of sulfonamides is 1. The highest BCUT2D eigenvalue weighted by Gasteiger charge is 2.31. The van der Waals surface area contributed by atoms with E-state index in [4.69, 9.17) is 0 Å². The number of nitrogens with one attached hydrogen (secondary N) is 1. The minimum absolute atomic E-state index is 0.359. The highest BCUT2D eigenvalue weighted by molar-refractivity contribution is 9.11. The molecule has 0 saturated carbocycles. The molecule has 19 heavy (non-hydrogen) atoms. The van der Waals surface area contributed by atoms with E-state index in [0.717, 1.165) is 10.6 Å². The van der Waals surface area contributed by atoms with Crippen molar-refractivity contribution in [2.45, 2.75) is 23.6 Å². The van der Waals surface area contributed by atoms with Crippen molar-refractivity contribution < 1.29 is 8.42 Å². The zero-order valence-electron chi connectivity index (χ0n) is 10.8. The van der Waals surface area contributed by atoms with E-state index >= 15 is 0 Å². The van der Waals surface area contributed by atoms with Crippen LogP contribution in [0, 0.1) is 0 Å². The van der Waals surface area contributed by atoms with Gasteiger partial charge in [-0.2, -0.15) is 16.1 Å². The first-order valence-corrected chi connectivity index (χ1v) is 10.1. The van der Waals surface area contributed by atoms with Gasteiger partial charge in [0.2, 0.25) is 10.0 Å². The molecule has 4 nitrogen and oxygen atoms in total. The molecule has 0 bridgehead atoms. The van der Waals surface area contributed by atoms with E-state index in [9.17, 15) is 8.42 Å². The molecule has 0 aliphatic carbocycles. The lowest BCUT2D eigenvalue weighted by atomic mass is 10.4. The molecule has 1 aliphatic heterocycles. The van der Waals surface area contributed by atoms with Gasteiger partial charge in [-0.1, -0.05) is 6.92 Å². The smallest absolute Gasteiger partial charge is 0.245 e. The molecule has 0 spiro atoms. The summed E-state index contributed by atoms with van der Waals surface area (Å²) >= 11 is 6.68. The fraction of sp³-hybridized carbons (Fsp3) is 0.636. The first-order valence-electron chi connectivity index (χ1n) is 5.99. The fourth-order valence-corrected chi connectivity index (χ4v) is 7.38. The third-order valence-corrected chi connectivity index (χ3v) is 8.13. The summed E-state index contributed by atoms with van der Waals surface area (Å²) in [6, 6.07) is 1.77. The van der Waals surface area contributed by atoms with Gasteiger partial charge in [0.15, 0.2) is 0 Å². The molecule has 1 aromatic heterocycles. The molecular weight excluding hydrogens is 368 g/mol. The summed E-state index contributed by atoms with van der Waals surface area (Å²) in [4.78, 5) is 1.43. The molecule has 8 heteroatoms.